The van der Waals surface area contributed by atoms with E-state index in [1.165, 1.54) is 0 Å². The van der Waals surface area contributed by atoms with Crippen LogP contribution in [0.2, 0.25) is 0 Å². The zero-order valence-electron chi connectivity index (χ0n) is 16.7. The lowest BCUT2D eigenvalue weighted by atomic mass is 10.1. The number of aryl methyl sites for hydroxylation is 1. The normalized spacial score (nSPS) is 11.6. The predicted molar refractivity (Wildman–Crippen MR) is 117 cm³/mol. The van der Waals surface area contributed by atoms with E-state index >= 15 is 0 Å². The predicted octanol–water partition coefficient (Wildman–Crippen LogP) is 5.00. The van der Waals surface area contributed by atoms with Gasteiger partial charge in [-0.2, -0.15) is 0 Å². The molecule has 0 aliphatic carbocycles. The molecule has 1 amide bonds. The van der Waals surface area contributed by atoms with Gasteiger partial charge in [0.25, 0.3) is 5.91 Å². The number of hydrogen-bond acceptors (Lipinski definition) is 3. The molecular formula is C25H23N3O2. The molecule has 5 heteroatoms. The molecule has 1 N–H and O–H groups in total. The molecule has 0 aliphatic heterocycles. The maximum atomic E-state index is 13.1. The van der Waals surface area contributed by atoms with E-state index < -0.39 is 6.10 Å². The smallest absolute Gasteiger partial charge is 0.270 e. The molecule has 1 aromatic heterocycles. The number of hydrogen-bond donors (Lipinski definition) is 1. The molecule has 0 aliphatic rings. The first-order valence-electron chi connectivity index (χ1n) is 9.83. The first-order chi connectivity index (χ1) is 14.7. The largest absolute Gasteiger partial charge is 0.476 e. The van der Waals surface area contributed by atoms with E-state index in [-0.39, 0.29) is 5.91 Å². The molecule has 4 aromatic rings. The number of nitrogens with one attached hydrogen (secondary N) is 1. The van der Waals surface area contributed by atoms with E-state index in [2.05, 4.69) is 14.9 Å². The fraction of sp³-hybridized carbons (Fsp3) is 0.120. The van der Waals surface area contributed by atoms with Crippen LogP contribution in [0.3, 0.4) is 0 Å². The molecule has 1 atom stereocenters. The van der Waals surface area contributed by atoms with Crippen LogP contribution in [0.5, 0.6) is 5.75 Å². The van der Waals surface area contributed by atoms with Crippen molar-refractivity contribution in [1.82, 2.24) is 9.55 Å². The molecule has 30 heavy (non-hydrogen) atoms. The minimum atomic E-state index is -0.748. The Morgan fingerprint density at radius 1 is 0.967 bits per heavy atom. The molecule has 4 rings (SSSR count). The van der Waals surface area contributed by atoms with E-state index in [0.29, 0.717) is 5.75 Å². The van der Waals surface area contributed by atoms with Crippen LogP contribution < -0.4 is 10.1 Å². The first-order valence-corrected chi connectivity index (χ1v) is 9.83. The Bertz CT molecular complexity index is 1090. The van der Waals surface area contributed by atoms with Crippen molar-refractivity contribution in [3.63, 3.8) is 0 Å². The van der Waals surface area contributed by atoms with Gasteiger partial charge in [0.2, 0.25) is 6.10 Å². The average Bonchev–Trinajstić information content (AvgIpc) is 3.19. The second kappa shape index (κ2) is 9.09. The Labute approximate surface area is 176 Å². The first kappa shape index (κ1) is 19.5. The molecule has 150 valence electrons. The standard InChI is InChI=1S/C25H23N3O2/c1-19-26-16-17-28(19)18-20-12-14-22(15-13-20)27-25(29)24(21-8-4-2-5-9-21)30-23-10-6-3-7-11-23/h2-17,24H,18H2,1H3,(H,27,29). The Morgan fingerprint density at radius 3 is 2.27 bits per heavy atom. The van der Waals surface area contributed by atoms with Crippen molar-refractivity contribution in [2.45, 2.75) is 19.6 Å². The van der Waals surface area contributed by atoms with Gasteiger partial charge >= 0.3 is 0 Å². The number of ether oxygens (including phenoxy) is 1. The van der Waals surface area contributed by atoms with Crippen LogP contribution >= 0.6 is 0 Å². The van der Waals surface area contributed by atoms with Crippen molar-refractivity contribution < 1.29 is 9.53 Å². The van der Waals surface area contributed by atoms with Gasteiger partial charge in [0, 0.05) is 30.2 Å². The van der Waals surface area contributed by atoms with Gasteiger partial charge in [-0.25, -0.2) is 4.98 Å². The van der Waals surface area contributed by atoms with Crippen molar-refractivity contribution in [1.29, 1.82) is 0 Å². The maximum Gasteiger partial charge on any atom is 0.270 e. The van der Waals surface area contributed by atoms with Crippen LogP contribution in [-0.4, -0.2) is 15.5 Å². The number of carbonyl (C=O) groups excluding carboxylic acids is 1. The van der Waals surface area contributed by atoms with Crippen LogP contribution in [0.1, 0.15) is 23.1 Å². The highest BCUT2D eigenvalue weighted by Gasteiger charge is 2.22. The maximum absolute atomic E-state index is 13.1. The molecule has 0 radical (unpaired) electrons. The topological polar surface area (TPSA) is 56.2 Å². The third-order valence-electron chi connectivity index (χ3n) is 4.84. The number of amides is 1. The van der Waals surface area contributed by atoms with Crippen molar-refractivity contribution in [3.05, 3.63) is 114 Å². The molecule has 5 nitrogen and oxygen atoms in total. The highest BCUT2D eigenvalue weighted by atomic mass is 16.5. The third-order valence-corrected chi connectivity index (χ3v) is 4.84. The van der Waals surface area contributed by atoms with Gasteiger partial charge < -0.3 is 14.6 Å². The summed E-state index contributed by atoms with van der Waals surface area (Å²) < 4.78 is 8.10. The lowest BCUT2D eigenvalue weighted by Crippen LogP contribution is -2.25. The van der Waals surface area contributed by atoms with Crippen molar-refractivity contribution in [2.24, 2.45) is 0 Å². The summed E-state index contributed by atoms with van der Waals surface area (Å²) in [6.07, 6.45) is 3.00. The zero-order valence-corrected chi connectivity index (χ0v) is 16.7. The second-order valence-corrected chi connectivity index (χ2v) is 7.01. The number of benzene rings is 3. The summed E-state index contributed by atoms with van der Waals surface area (Å²) in [5.41, 5.74) is 2.66. The molecule has 0 bridgehead atoms. The number of imidazole rings is 1. The van der Waals surface area contributed by atoms with Crippen LogP contribution in [0.15, 0.2) is 97.3 Å². The number of rotatable bonds is 7. The van der Waals surface area contributed by atoms with Crippen LogP contribution in [0.4, 0.5) is 5.69 Å². The number of aromatic nitrogens is 2. The molecule has 1 unspecified atom stereocenters. The highest BCUT2D eigenvalue weighted by molar-refractivity contribution is 5.95. The lowest BCUT2D eigenvalue weighted by Gasteiger charge is -2.19. The highest BCUT2D eigenvalue weighted by Crippen LogP contribution is 2.24. The summed E-state index contributed by atoms with van der Waals surface area (Å²) in [6.45, 7) is 2.72. The molecule has 1 heterocycles. The van der Waals surface area contributed by atoms with E-state index in [1.54, 1.807) is 6.20 Å². The Hall–Kier alpha value is -3.86. The quantitative estimate of drug-likeness (QED) is 0.477. The molecule has 0 spiro atoms. The fourth-order valence-corrected chi connectivity index (χ4v) is 3.20. The van der Waals surface area contributed by atoms with Crippen molar-refractivity contribution in [3.8, 4) is 5.75 Å². The van der Waals surface area contributed by atoms with E-state index in [9.17, 15) is 4.79 Å². The Morgan fingerprint density at radius 2 is 1.63 bits per heavy atom. The average molecular weight is 397 g/mol. The number of para-hydroxylation sites is 1. The van der Waals surface area contributed by atoms with Gasteiger partial charge in [-0.15, -0.1) is 0 Å². The summed E-state index contributed by atoms with van der Waals surface area (Å²) in [4.78, 5) is 17.3. The van der Waals surface area contributed by atoms with Gasteiger partial charge in [-0.1, -0.05) is 60.7 Å². The Kier molecular flexibility index (Phi) is 5.90. The van der Waals surface area contributed by atoms with Gasteiger partial charge in [0.15, 0.2) is 0 Å². The van der Waals surface area contributed by atoms with Crippen molar-refractivity contribution in [2.75, 3.05) is 5.32 Å². The number of carbonyl (C=O) groups is 1. The summed E-state index contributed by atoms with van der Waals surface area (Å²) >= 11 is 0. The minimum absolute atomic E-state index is 0.219. The molecule has 3 aromatic carbocycles. The van der Waals surface area contributed by atoms with Gasteiger partial charge in [0.1, 0.15) is 11.6 Å². The summed E-state index contributed by atoms with van der Waals surface area (Å²) in [6, 6.07) is 26.7. The van der Waals surface area contributed by atoms with E-state index in [0.717, 1.165) is 29.2 Å². The van der Waals surface area contributed by atoms with Gasteiger partial charge in [-0.05, 0) is 36.8 Å². The lowest BCUT2D eigenvalue weighted by molar-refractivity contribution is -0.123. The van der Waals surface area contributed by atoms with E-state index in [1.807, 2.05) is 98.0 Å². The number of anilines is 1. The minimum Gasteiger partial charge on any atom is -0.476 e. The van der Waals surface area contributed by atoms with Crippen LogP contribution in [-0.2, 0) is 11.3 Å². The molecule has 0 saturated carbocycles. The van der Waals surface area contributed by atoms with Crippen LogP contribution in [0.25, 0.3) is 0 Å². The van der Waals surface area contributed by atoms with Gasteiger partial charge in [0.05, 0.1) is 0 Å². The summed E-state index contributed by atoms with van der Waals surface area (Å²) in [5.74, 6) is 1.40. The van der Waals surface area contributed by atoms with E-state index in [4.69, 9.17) is 4.74 Å². The summed E-state index contributed by atoms with van der Waals surface area (Å²) in [5, 5.41) is 2.98. The van der Waals surface area contributed by atoms with Crippen molar-refractivity contribution >= 4 is 11.6 Å². The Balaban J connectivity index is 1.48. The monoisotopic (exact) mass is 397 g/mol. The zero-order chi connectivity index (χ0) is 20.8. The summed E-state index contributed by atoms with van der Waals surface area (Å²) in [7, 11) is 0. The second-order valence-electron chi connectivity index (χ2n) is 7.01. The third kappa shape index (κ3) is 4.75. The fourth-order valence-electron chi connectivity index (χ4n) is 3.20. The molecule has 0 saturated heterocycles. The molecule has 0 fully saturated rings. The number of nitrogens with zero attached hydrogens (tertiary/aromatic N) is 2. The SMILES string of the molecule is Cc1nccn1Cc1ccc(NC(=O)C(Oc2ccccc2)c2ccccc2)cc1. The van der Waals surface area contributed by atoms with Gasteiger partial charge in [-0.3, -0.25) is 4.79 Å². The van der Waals surface area contributed by atoms with Crippen LogP contribution in [0, 0.1) is 6.92 Å². The molecular weight excluding hydrogens is 374 g/mol.